The van der Waals surface area contributed by atoms with Gasteiger partial charge in [-0.3, -0.25) is 14.4 Å². The van der Waals surface area contributed by atoms with Crippen molar-refractivity contribution in [1.29, 1.82) is 0 Å². The molecule has 0 aromatic heterocycles. The standard InChI is InChI=1S/C24H34O6/c1-14(25)30-13-20(27)24(29)10-7-18-16-12-23(4,28)19-11-15(26)5-8-21(19,2)17(16)6-9-22(18,24)3/h11,16-18,28-29H,5-10,12-13H2,1-4H3/t16-,17+,18+,21-,22+,23-,24+/m1/s1. The Hall–Kier alpha value is -1.53. The second-order valence-electron chi connectivity index (χ2n) is 10.9. The lowest BCUT2D eigenvalue weighted by molar-refractivity contribution is -0.173. The number of hydrogen-bond acceptors (Lipinski definition) is 6. The molecule has 0 radical (unpaired) electrons. The Bertz CT molecular complexity index is 828. The number of Topliss-reactive ketones (excluding diaryl/α,β-unsaturated/α-hetero) is 1. The van der Waals surface area contributed by atoms with Gasteiger partial charge >= 0.3 is 5.97 Å². The largest absolute Gasteiger partial charge is 0.458 e. The van der Waals surface area contributed by atoms with Crippen molar-refractivity contribution in [2.75, 3.05) is 6.61 Å². The fourth-order valence-electron chi connectivity index (χ4n) is 7.76. The predicted octanol–water partition coefficient (Wildman–Crippen LogP) is 2.74. The van der Waals surface area contributed by atoms with Gasteiger partial charge in [0.15, 0.2) is 12.4 Å². The molecule has 7 atom stereocenters. The first-order chi connectivity index (χ1) is 13.8. The lowest BCUT2D eigenvalue weighted by atomic mass is 9.44. The average Bonchev–Trinajstić information content (AvgIpc) is 2.93. The fourth-order valence-corrected chi connectivity index (χ4v) is 7.76. The summed E-state index contributed by atoms with van der Waals surface area (Å²) in [6.45, 7) is 6.86. The van der Waals surface area contributed by atoms with Gasteiger partial charge in [0.2, 0.25) is 5.78 Å². The summed E-state index contributed by atoms with van der Waals surface area (Å²) in [4.78, 5) is 36.2. The van der Waals surface area contributed by atoms with E-state index < -0.39 is 35.0 Å². The molecule has 2 N–H and O–H groups in total. The van der Waals surface area contributed by atoms with Crippen molar-refractivity contribution >= 4 is 17.5 Å². The fraction of sp³-hybridized carbons (Fsp3) is 0.792. The normalized spacial score (nSPS) is 47.6. The van der Waals surface area contributed by atoms with E-state index in [2.05, 4.69) is 6.92 Å². The first-order valence-electron chi connectivity index (χ1n) is 11.2. The highest BCUT2D eigenvalue weighted by atomic mass is 16.5. The maximum Gasteiger partial charge on any atom is 0.303 e. The third-order valence-electron chi connectivity index (χ3n) is 9.30. The number of ketones is 2. The van der Waals surface area contributed by atoms with Crippen LogP contribution >= 0.6 is 0 Å². The third-order valence-corrected chi connectivity index (χ3v) is 9.30. The molecule has 4 aliphatic carbocycles. The highest BCUT2D eigenvalue weighted by Crippen LogP contribution is 2.68. The van der Waals surface area contributed by atoms with Crippen molar-refractivity contribution in [3.8, 4) is 0 Å². The number of aliphatic hydroxyl groups is 2. The minimum Gasteiger partial charge on any atom is -0.458 e. The molecule has 4 rings (SSSR count). The molecule has 166 valence electrons. The number of fused-ring (bicyclic) bond motifs is 5. The van der Waals surface area contributed by atoms with Crippen LogP contribution in [-0.4, -0.2) is 45.6 Å². The molecule has 4 aliphatic rings. The monoisotopic (exact) mass is 418 g/mol. The van der Waals surface area contributed by atoms with E-state index in [4.69, 9.17) is 4.74 Å². The zero-order chi connectivity index (χ0) is 22.1. The molecule has 0 heterocycles. The van der Waals surface area contributed by atoms with Crippen LogP contribution in [0.4, 0.5) is 0 Å². The van der Waals surface area contributed by atoms with Gasteiger partial charge in [0.1, 0.15) is 5.60 Å². The second kappa shape index (κ2) is 6.73. The zero-order valence-corrected chi connectivity index (χ0v) is 18.5. The van der Waals surface area contributed by atoms with Crippen LogP contribution in [-0.2, 0) is 19.1 Å². The van der Waals surface area contributed by atoms with Crippen LogP contribution < -0.4 is 0 Å². The average molecular weight is 419 g/mol. The van der Waals surface area contributed by atoms with E-state index in [9.17, 15) is 24.6 Å². The van der Waals surface area contributed by atoms with Crippen molar-refractivity contribution in [1.82, 2.24) is 0 Å². The van der Waals surface area contributed by atoms with Gasteiger partial charge in [0.05, 0.1) is 5.60 Å². The van der Waals surface area contributed by atoms with Crippen LogP contribution in [0.15, 0.2) is 11.6 Å². The van der Waals surface area contributed by atoms with E-state index in [0.29, 0.717) is 38.0 Å². The van der Waals surface area contributed by atoms with Gasteiger partial charge in [-0.1, -0.05) is 13.8 Å². The summed E-state index contributed by atoms with van der Waals surface area (Å²) in [5, 5.41) is 22.9. The quantitative estimate of drug-likeness (QED) is 0.684. The SMILES string of the molecule is CC(=O)OCC(=O)[C@@]1(O)CC[C@H]2[C@@H]3C[C@@](C)(O)C4=CC(=O)CC[C@]4(C)[C@H]3CC[C@@]21C. The zero-order valence-electron chi connectivity index (χ0n) is 18.5. The molecular weight excluding hydrogens is 384 g/mol. The summed E-state index contributed by atoms with van der Waals surface area (Å²) in [5.41, 5.74) is -2.54. The Kier molecular flexibility index (Phi) is 4.87. The molecule has 3 fully saturated rings. The van der Waals surface area contributed by atoms with Gasteiger partial charge in [-0.05, 0) is 80.3 Å². The molecule has 0 aliphatic heterocycles. The highest BCUT2D eigenvalue weighted by Gasteiger charge is 2.68. The van der Waals surface area contributed by atoms with Gasteiger partial charge < -0.3 is 14.9 Å². The lowest BCUT2D eigenvalue weighted by Gasteiger charge is -2.61. The van der Waals surface area contributed by atoms with Gasteiger partial charge in [-0.25, -0.2) is 0 Å². The topological polar surface area (TPSA) is 101 Å². The predicted molar refractivity (Wildman–Crippen MR) is 109 cm³/mol. The van der Waals surface area contributed by atoms with Crippen LogP contribution in [0.2, 0.25) is 0 Å². The van der Waals surface area contributed by atoms with E-state index in [0.717, 1.165) is 18.4 Å². The number of esters is 1. The number of carbonyl (C=O) groups is 3. The Morgan fingerprint density at radius 2 is 1.77 bits per heavy atom. The van der Waals surface area contributed by atoms with Crippen LogP contribution in [0, 0.1) is 28.6 Å². The summed E-state index contributed by atoms with van der Waals surface area (Å²) >= 11 is 0. The summed E-state index contributed by atoms with van der Waals surface area (Å²) in [7, 11) is 0. The number of carbonyl (C=O) groups excluding carboxylic acids is 3. The molecule has 30 heavy (non-hydrogen) atoms. The summed E-state index contributed by atoms with van der Waals surface area (Å²) < 4.78 is 4.91. The van der Waals surface area contributed by atoms with Crippen LogP contribution in [0.25, 0.3) is 0 Å². The number of ether oxygens (including phenoxy) is 1. The minimum atomic E-state index is -1.51. The number of hydrogen-bond donors (Lipinski definition) is 2. The van der Waals surface area contributed by atoms with Gasteiger partial charge in [-0.2, -0.15) is 0 Å². The van der Waals surface area contributed by atoms with Crippen molar-refractivity contribution in [2.45, 2.75) is 83.8 Å². The molecule has 0 saturated heterocycles. The van der Waals surface area contributed by atoms with Crippen LogP contribution in [0.5, 0.6) is 0 Å². The van der Waals surface area contributed by atoms with Crippen LogP contribution in [0.1, 0.15) is 72.6 Å². The van der Waals surface area contributed by atoms with Gasteiger partial charge in [-0.15, -0.1) is 0 Å². The first kappa shape index (κ1) is 21.7. The first-order valence-corrected chi connectivity index (χ1v) is 11.2. The van der Waals surface area contributed by atoms with Crippen molar-refractivity contribution in [3.05, 3.63) is 11.6 Å². The Balaban J connectivity index is 1.67. The Morgan fingerprint density at radius 3 is 2.43 bits per heavy atom. The molecule has 0 aromatic carbocycles. The van der Waals surface area contributed by atoms with E-state index >= 15 is 0 Å². The molecule has 3 saturated carbocycles. The molecule has 0 amide bonds. The lowest BCUT2D eigenvalue weighted by Crippen LogP contribution is -2.61. The van der Waals surface area contributed by atoms with E-state index in [1.165, 1.54) is 6.92 Å². The maximum absolute atomic E-state index is 12.9. The Labute approximate surface area is 178 Å². The maximum atomic E-state index is 12.9. The second-order valence-corrected chi connectivity index (χ2v) is 10.9. The molecule has 0 spiro atoms. The molecular formula is C24H34O6. The summed E-state index contributed by atoms with van der Waals surface area (Å²) in [5.74, 6) is -0.263. The molecule has 6 heteroatoms. The molecule has 6 nitrogen and oxygen atoms in total. The van der Waals surface area contributed by atoms with Gasteiger partial charge in [0.25, 0.3) is 0 Å². The molecule has 0 unspecified atom stereocenters. The van der Waals surface area contributed by atoms with Crippen molar-refractivity contribution in [3.63, 3.8) is 0 Å². The van der Waals surface area contributed by atoms with E-state index in [1.54, 1.807) is 6.08 Å². The smallest absolute Gasteiger partial charge is 0.303 e. The summed E-state index contributed by atoms with van der Waals surface area (Å²) in [6, 6.07) is 0. The third kappa shape index (κ3) is 2.86. The van der Waals surface area contributed by atoms with Crippen LogP contribution in [0.3, 0.4) is 0 Å². The van der Waals surface area contributed by atoms with Crippen molar-refractivity contribution in [2.24, 2.45) is 28.6 Å². The molecule has 0 bridgehead atoms. The number of rotatable bonds is 3. The van der Waals surface area contributed by atoms with Crippen molar-refractivity contribution < 1.29 is 29.3 Å². The minimum absolute atomic E-state index is 0.0909. The highest BCUT2D eigenvalue weighted by molar-refractivity contribution is 5.92. The molecule has 0 aromatic rings. The summed E-state index contributed by atoms with van der Waals surface area (Å²) in [6.07, 6.45) is 6.10. The van der Waals surface area contributed by atoms with E-state index in [1.807, 2.05) is 13.8 Å². The van der Waals surface area contributed by atoms with Gasteiger partial charge in [0, 0.05) is 18.8 Å². The Morgan fingerprint density at radius 1 is 1.10 bits per heavy atom. The van der Waals surface area contributed by atoms with E-state index in [-0.39, 0.29) is 23.0 Å².